The molecule has 0 fully saturated rings. The Kier molecular flexibility index (Phi) is 6.54. The molecule has 0 spiro atoms. The molecule has 0 saturated heterocycles. The van der Waals surface area contributed by atoms with Crippen molar-refractivity contribution < 1.29 is 14.1 Å². The molecule has 0 N–H and O–H groups in total. The molecule has 6 nitrogen and oxygen atoms in total. The second kappa shape index (κ2) is 9.09. The second-order valence-corrected chi connectivity index (χ2v) is 7.67. The van der Waals surface area contributed by atoms with E-state index < -0.39 is 0 Å². The molecule has 0 saturated carbocycles. The van der Waals surface area contributed by atoms with Gasteiger partial charge in [-0.3, -0.25) is 4.79 Å². The Bertz CT molecular complexity index is 950. The molecule has 29 heavy (non-hydrogen) atoms. The summed E-state index contributed by atoms with van der Waals surface area (Å²) in [6.45, 7) is 8.04. The van der Waals surface area contributed by atoms with Crippen LogP contribution in [0.5, 0.6) is 5.75 Å². The molecule has 0 aliphatic carbocycles. The van der Waals surface area contributed by atoms with Crippen molar-refractivity contribution in [2.24, 2.45) is 0 Å². The van der Waals surface area contributed by atoms with Crippen LogP contribution in [-0.4, -0.2) is 33.1 Å². The topological polar surface area (TPSA) is 68.5 Å². The van der Waals surface area contributed by atoms with Crippen LogP contribution in [-0.2, 0) is 6.54 Å². The number of halogens is 1. The molecule has 1 aromatic heterocycles. The van der Waals surface area contributed by atoms with Crippen LogP contribution in [0, 0.1) is 0 Å². The Hall–Kier alpha value is -2.86. The summed E-state index contributed by atoms with van der Waals surface area (Å²) < 4.78 is 11.0. The van der Waals surface area contributed by atoms with E-state index in [-0.39, 0.29) is 24.6 Å². The van der Waals surface area contributed by atoms with Crippen LogP contribution in [0.3, 0.4) is 0 Å². The molecule has 1 amide bonds. The van der Waals surface area contributed by atoms with Crippen LogP contribution in [0.1, 0.15) is 43.9 Å². The third kappa shape index (κ3) is 5.35. The average Bonchev–Trinajstić information content (AvgIpc) is 3.15. The molecule has 0 unspecified atom stereocenters. The monoisotopic (exact) mass is 413 g/mol. The van der Waals surface area contributed by atoms with E-state index in [1.54, 1.807) is 41.3 Å². The first kappa shape index (κ1) is 20.9. The third-order valence-corrected chi connectivity index (χ3v) is 4.49. The molecule has 0 atom stereocenters. The summed E-state index contributed by atoms with van der Waals surface area (Å²) in [7, 11) is 0. The summed E-state index contributed by atoms with van der Waals surface area (Å²) in [6.07, 6.45) is 0.0797. The fourth-order valence-corrected chi connectivity index (χ4v) is 2.91. The van der Waals surface area contributed by atoms with E-state index in [1.165, 1.54) is 0 Å². The van der Waals surface area contributed by atoms with Gasteiger partial charge in [0.1, 0.15) is 12.3 Å². The molecule has 3 rings (SSSR count). The number of benzene rings is 2. The maximum atomic E-state index is 13.0. The van der Waals surface area contributed by atoms with Gasteiger partial charge in [0.05, 0.1) is 6.10 Å². The number of nitrogens with zero attached hydrogens (tertiary/aromatic N) is 3. The molecule has 3 aromatic rings. The van der Waals surface area contributed by atoms with E-state index in [0.29, 0.717) is 22.3 Å². The minimum Gasteiger partial charge on any atom is -0.491 e. The van der Waals surface area contributed by atoms with Crippen LogP contribution in [0.2, 0.25) is 5.02 Å². The molecule has 0 bridgehead atoms. The predicted molar refractivity (Wildman–Crippen MR) is 112 cm³/mol. The highest BCUT2D eigenvalue weighted by molar-refractivity contribution is 6.30. The minimum absolute atomic E-state index is 0.0417. The lowest BCUT2D eigenvalue weighted by atomic mass is 10.1. The number of rotatable bonds is 7. The number of hydrogen-bond donors (Lipinski definition) is 0. The van der Waals surface area contributed by atoms with Crippen LogP contribution in [0.4, 0.5) is 0 Å². The quantitative estimate of drug-likeness (QED) is 0.530. The maximum absolute atomic E-state index is 13.0. The fourth-order valence-electron chi connectivity index (χ4n) is 2.78. The number of ether oxygens (including phenoxy) is 1. The zero-order chi connectivity index (χ0) is 21.0. The third-order valence-electron chi connectivity index (χ3n) is 4.23. The van der Waals surface area contributed by atoms with Gasteiger partial charge in [-0.2, -0.15) is 4.98 Å². The number of carbonyl (C=O) groups is 1. The van der Waals surface area contributed by atoms with Gasteiger partial charge < -0.3 is 14.2 Å². The van der Waals surface area contributed by atoms with E-state index in [0.717, 1.165) is 11.3 Å². The highest BCUT2D eigenvalue weighted by Gasteiger charge is 2.22. The van der Waals surface area contributed by atoms with Gasteiger partial charge >= 0.3 is 0 Å². The largest absolute Gasteiger partial charge is 0.491 e. The first-order chi connectivity index (χ1) is 13.8. The Morgan fingerprint density at radius 3 is 2.31 bits per heavy atom. The average molecular weight is 414 g/mol. The van der Waals surface area contributed by atoms with Crippen molar-refractivity contribution in [2.75, 3.05) is 0 Å². The summed E-state index contributed by atoms with van der Waals surface area (Å²) in [5, 5.41) is 4.65. The second-order valence-electron chi connectivity index (χ2n) is 7.24. The van der Waals surface area contributed by atoms with E-state index in [2.05, 4.69) is 10.1 Å². The zero-order valence-electron chi connectivity index (χ0n) is 16.9. The van der Waals surface area contributed by atoms with Crippen molar-refractivity contribution in [3.05, 3.63) is 65.0 Å². The van der Waals surface area contributed by atoms with Gasteiger partial charge in [0.15, 0.2) is 0 Å². The van der Waals surface area contributed by atoms with Crippen molar-refractivity contribution >= 4 is 17.5 Å². The summed E-state index contributed by atoms with van der Waals surface area (Å²) >= 11 is 5.92. The molecular formula is C22H24ClN3O3. The Morgan fingerprint density at radius 2 is 1.72 bits per heavy atom. The summed E-state index contributed by atoms with van der Waals surface area (Å²) in [6, 6.07) is 14.3. The normalized spacial score (nSPS) is 11.1. The van der Waals surface area contributed by atoms with Gasteiger partial charge in [0.2, 0.25) is 11.7 Å². The van der Waals surface area contributed by atoms with Gasteiger partial charge in [-0.15, -0.1) is 0 Å². The highest BCUT2D eigenvalue weighted by Crippen LogP contribution is 2.21. The molecule has 2 aromatic carbocycles. The highest BCUT2D eigenvalue weighted by atomic mass is 35.5. The molecule has 0 aliphatic heterocycles. The van der Waals surface area contributed by atoms with Gasteiger partial charge in [-0.1, -0.05) is 16.8 Å². The lowest BCUT2D eigenvalue weighted by Crippen LogP contribution is -2.36. The summed E-state index contributed by atoms with van der Waals surface area (Å²) in [5.74, 6) is 1.46. The van der Waals surface area contributed by atoms with Crippen molar-refractivity contribution in [3.63, 3.8) is 0 Å². The van der Waals surface area contributed by atoms with Gasteiger partial charge in [0, 0.05) is 22.2 Å². The van der Waals surface area contributed by atoms with Crippen molar-refractivity contribution in [3.8, 4) is 17.1 Å². The van der Waals surface area contributed by atoms with Crippen molar-refractivity contribution in [1.29, 1.82) is 0 Å². The maximum Gasteiger partial charge on any atom is 0.254 e. The van der Waals surface area contributed by atoms with Gasteiger partial charge in [0.25, 0.3) is 5.91 Å². The first-order valence-electron chi connectivity index (χ1n) is 9.49. The van der Waals surface area contributed by atoms with Crippen LogP contribution >= 0.6 is 11.6 Å². The van der Waals surface area contributed by atoms with E-state index in [4.69, 9.17) is 20.9 Å². The van der Waals surface area contributed by atoms with E-state index >= 15 is 0 Å². The smallest absolute Gasteiger partial charge is 0.254 e. The molecule has 0 aliphatic rings. The van der Waals surface area contributed by atoms with Gasteiger partial charge in [-0.05, 0) is 76.2 Å². The summed E-state index contributed by atoms with van der Waals surface area (Å²) in [5.41, 5.74) is 1.37. The molecule has 0 radical (unpaired) electrons. The Balaban J connectivity index is 1.75. The Labute approximate surface area is 175 Å². The molecule has 152 valence electrons. The Morgan fingerprint density at radius 1 is 1.07 bits per heavy atom. The SMILES string of the molecule is CC(C)Oc1ccc(C(=O)N(Cc2nc(-c3ccc(Cl)cc3)no2)C(C)C)cc1. The predicted octanol–water partition coefficient (Wildman–Crippen LogP) is 5.23. The standard InChI is InChI=1S/C22H24ClN3O3/c1-14(2)26(22(27)17-7-11-19(12-8-17)28-15(3)4)13-20-24-21(25-29-20)16-5-9-18(23)10-6-16/h5-12,14-15H,13H2,1-4H3. The first-order valence-corrected chi connectivity index (χ1v) is 9.87. The lowest BCUT2D eigenvalue weighted by molar-refractivity contribution is 0.0667. The van der Waals surface area contributed by atoms with Crippen LogP contribution in [0.15, 0.2) is 53.1 Å². The summed E-state index contributed by atoms with van der Waals surface area (Å²) in [4.78, 5) is 19.1. The lowest BCUT2D eigenvalue weighted by Gasteiger charge is -2.25. The minimum atomic E-state index is -0.109. The van der Waals surface area contributed by atoms with Crippen molar-refractivity contribution in [1.82, 2.24) is 15.0 Å². The van der Waals surface area contributed by atoms with Crippen LogP contribution < -0.4 is 4.74 Å². The molecule has 1 heterocycles. The number of hydrogen-bond acceptors (Lipinski definition) is 5. The van der Waals surface area contributed by atoms with Gasteiger partial charge in [-0.25, -0.2) is 0 Å². The number of carbonyl (C=O) groups excluding carboxylic acids is 1. The van der Waals surface area contributed by atoms with Crippen LogP contribution in [0.25, 0.3) is 11.4 Å². The molecular weight excluding hydrogens is 390 g/mol. The van der Waals surface area contributed by atoms with Crippen molar-refractivity contribution in [2.45, 2.75) is 46.4 Å². The van der Waals surface area contributed by atoms with E-state index in [1.807, 2.05) is 39.8 Å². The molecule has 7 heteroatoms. The van der Waals surface area contributed by atoms with E-state index in [9.17, 15) is 4.79 Å². The number of aromatic nitrogens is 2. The fraction of sp³-hybridized carbons (Fsp3) is 0.318. The zero-order valence-corrected chi connectivity index (χ0v) is 17.7. The number of amides is 1.